The van der Waals surface area contributed by atoms with Crippen LogP contribution >= 0.6 is 11.3 Å². The van der Waals surface area contributed by atoms with Crippen LogP contribution in [0.4, 0.5) is 0 Å². The van der Waals surface area contributed by atoms with Crippen molar-refractivity contribution in [2.45, 2.75) is 13.0 Å². The summed E-state index contributed by atoms with van der Waals surface area (Å²) < 4.78 is 24.9. The Hall–Kier alpha value is -1.38. The summed E-state index contributed by atoms with van der Waals surface area (Å²) in [6, 6.07) is 3.39. The van der Waals surface area contributed by atoms with Gasteiger partial charge in [-0.15, -0.1) is 11.3 Å². The van der Waals surface area contributed by atoms with Gasteiger partial charge >= 0.3 is 0 Å². The minimum Gasteiger partial charge on any atom is -0.395 e. The van der Waals surface area contributed by atoms with Crippen molar-refractivity contribution in [3.05, 3.63) is 21.9 Å². The largest absolute Gasteiger partial charge is 0.395 e. The van der Waals surface area contributed by atoms with E-state index in [-0.39, 0.29) is 13.2 Å². The van der Waals surface area contributed by atoms with Crippen molar-refractivity contribution in [1.82, 2.24) is 4.72 Å². The molecule has 1 heterocycles. The Bertz CT molecular complexity index is 588. The van der Waals surface area contributed by atoms with Gasteiger partial charge in [-0.2, -0.15) is 5.26 Å². The van der Waals surface area contributed by atoms with E-state index in [4.69, 9.17) is 10.4 Å². The molecular formula is C11H12N2O3S2. The summed E-state index contributed by atoms with van der Waals surface area (Å²) in [7, 11) is -3.54. The summed E-state index contributed by atoms with van der Waals surface area (Å²) in [5.74, 6) is 5.09. The van der Waals surface area contributed by atoms with Crippen LogP contribution in [0.5, 0.6) is 0 Å². The van der Waals surface area contributed by atoms with Gasteiger partial charge in [-0.3, -0.25) is 0 Å². The molecule has 18 heavy (non-hydrogen) atoms. The van der Waals surface area contributed by atoms with Crippen LogP contribution in [-0.4, -0.2) is 25.9 Å². The van der Waals surface area contributed by atoms with Crippen molar-refractivity contribution in [3.8, 4) is 17.9 Å². The third-order valence-corrected chi connectivity index (χ3v) is 3.93. The van der Waals surface area contributed by atoms with Gasteiger partial charge in [0.15, 0.2) is 5.75 Å². The maximum Gasteiger partial charge on any atom is 0.225 e. The number of aliphatic hydroxyl groups excluding tert-OH is 1. The van der Waals surface area contributed by atoms with Crippen molar-refractivity contribution in [2.75, 3.05) is 12.4 Å². The molecule has 0 saturated carbocycles. The third kappa shape index (κ3) is 4.86. The van der Waals surface area contributed by atoms with Crippen LogP contribution in [0.25, 0.3) is 0 Å². The molecule has 0 amide bonds. The summed E-state index contributed by atoms with van der Waals surface area (Å²) in [5, 5.41) is 18.8. The predicted octanol–water partition coefficient (Wildman–Crippen LogP) is 0.425. The van der Waals surface area contributed by atoms with Crippen molar-refractivity contribution >= 4 is 21.4 Å². The molecule has 5 nitrogen and oxygen atoms in total. The smallest absolute Gasteiger partial charge is 0.225 e. The molecule has 0 aliphatic carbocycles. The zero-order valence-corrected chi connectivity index (χ0v) is 11.1. The van der Waals surface area contributed by atoms with E-state index in [9.17, 15) is 8.42 Å². The lowest BCUT2D eigenvalue weighted by Gasteiger charge is -2.01. The Labute approximate surface area is 110 Å². The molecular weight excluding hydrogens is 272 g/mol. The van der Waals surface area contributed by atoms with Gasteiger partial charge in [0.05, 0.1) is 12.7 Å². The maximum atomic E-state index is 11.3. The van der Waals surface area contributed by atoms with E-state index in [0.717, 1.165) is 10.4 Å². The fraction of sp³-hybridized carbons (Fsp3) is 0.364. The summed E-state index contributed by atoms with van der Waals surface area (Å²) in [4.78, 5) is 0.793. The normalized spacial score (nSPS) is 10.4. The molecule has 1 aromatic rings. The molecule has 7 heteroatoms. The topological polar surface area (TPSA) is 90.2 Å². The fourth-order valence-electron chi connectivity index (χ4n) is 1.11. The molecule has 0 bridgehead atoms. The summed E-state index contributed by atoms with van der Waals surface area (Å²) >= 11 is 1.39. The maximum absolute atomic E-state index is 11.3. The highest BCUT2D eigenvalue weighted by Gasteiger charge is 2.10. The Morgan fingerprint density at radius 3 is 2.94 bits per heavy atom. The monoisotopic (exact) mass is 284 g/mol. The minimum absolute atomic E-state index is 0.00126. The fourth-order valence-corrected chi connectivity index (χ4v) is 2.61. The predicted molar refractivity (Wildman–Crippen MR) is 69.1 cm³/mol. The second kappa shape index (κ2) is 7.14. The lowest BCUT2D eigenvalue weighted by molar-refractivity contribution is 0.305. The number of sulfonamides is 1. The molecule has 0 saturated heterocycles. The Kier molecular flexibility index (Phi) is 5.83. The number of nitrogens with zero attached hydrogens (tertiary/aromatic N) is 1. The number of nitrogens with one attached hydrogen (secondary N) is 1. The molecule has 0 spiro atoms. The highest BCUT2D eigenvalue weighted by molar-refractivity contribution is 7.89. The van der Waals surface area contributed by atoms with E-state index in [1.165, 1.54) is 11.3 Å². The Balaban J connectivity index is 2.68. The first-order valence-corrected chi connectivity index (χ1v) is 7.62. The number of rotatable bonds is 5. The average molecular weight is 284 g/mol. The number of thiophene rings is 1. The summed E-state index contributed by atoms with van der Waals surface area (Å²) in [5.41, 5.74) is 0.744. The quantitative estimate of drug-likeness (QED) is 0.767. The van der Waals surface area contributed by atoms with E-state index in [2.05, 4.69) is 16.6 Å². The number of hydrogen-bond acceptors (Lipinski definition) is 5. The highest BCUT2D eigenvalue weighted by Crippen LogP contribution is 2.15. The van der Waals surface area contributed by atoms with Crippen molar-refractivity contribution in [3.63, 3.8) is 0 Å². The summed E-state index contributed by atoms with van der Waals surface area (Å²) in [6.45, 7) is 0.131. The van der Waals surface area contributed by atoms with Crippen LogP contribution in [-0.2, 0) is 16.6 Å². The van der Waals surface area contributed by atoms with E-state index < -0.39 is 15.8 Å². The zero-order chi connectivity index (χ0) is 13.4. The van der Waals surface area contributed by atoms with Crippen LogP contribution in [0.1, 0.15) is 16.9 Å². The standard InChI is InChI=1S/C11H12N2O3S2/c12-5-8-18(15,16)13-9-11-10(4-7-17-11)3-1-2-6-14/h4,7,13-14H,2,6,8-9H2. The molecule has 1 aromatic heterocycles. The van der Waals surface area contributed by atoms with Gasteiger partial charge < -0.3 is 5.11 Å². The first-order chi connectivity index (χ1) is 8.59. The van der Waals surface area contributed by atoms with Gasteiger partial charge in [-0.1, -0.05) is 11.8 Å². The van der Waals surface area contributed by atoms with Crippen LogP contribution in [0.3, 0.4) is 0 Å². The van der Waals surface area contributed by atoms with Crippen LogP contribution < -0.4 is 4.72 Å². The lowest BCUT2D eigenvalue weighted by atomic mass is 10.2. The van der Waals surface area contributed by atoms with E-state index in [1.54, 1.807) is 12.1 Å². The third-order valence-electron chi connectivity index (χ3n) is 1.91. The SMILES string of the molecule is N#CCS(=O)(=O)NCc1sccc1C#CCCO. The van der Waals surface area contributed by atoms with Crippen molar-refractivity contribution in [1.29, 1.82) is 5.26 Å². The first-order valence-electron chi connectivity index (χ1n) is 5.09. The molecule has 0 aliphatic rings. The van der Waals surface area contributed by atoms with Crippen LogP contribution in [0.15, 0.2) is 11.4 Å². The second-order valence-electron chi connectivity index (χ2n) is 3.27. The van der Waals surface area contributed by atoms with Crippen molar-refractivity contribution in [2.24, 2.45) is 0 Å². The van der Waals surface area contributed by atoms with Gasteiger partial charge in [-0.25, -0.2) is 13.1 Å². The number of aliphatic hydroxyl groups is 1. The molecule has 0 aliphatic heterocycles. The van der Waals surface area contributed by atoms with Gasteiger partial charge in [0.2, 0.25) is 10.0 Å². The van der Waals surface area contributed by atoms with E-state index in [0.29, 0.717) is 6.42 Å². The van der Waals surface area contributed by atoms with Crippen LogP contribution in [0, 0.1) is 23.2 Å². The molecule has 2 N–H and O–H groups in total. The first kappa shape index (κ1) is 14.7. The molecule has 0 radical (unpaired) electrons. The lowest BCUT2D eigenvalue weighted by Crippen LogP contribution is -2.25. The Morgan fingerprint density at radius 1 is 1.50 bits per heavy atom. The van der Waals surface area contributed by atoms with Gasteiger partial charge in [0, 0.05) is 23.4 Å². The van der Waals surface area contributed by atoms with Crippen LogP contribution in [0.2, 0.25) is 0 Å². The van der Waals surface area contributed by atoms with E-state index >= 15 is 0 Å². The average Bonchev–Trinajstić information content (AvgIpc) is 2.75. The Morgan fingerprint density at radius 2 is 2.28 bits per heavy atom. The highest BCUT2D eigenvalue weighted by atomic mass is 32.2. The molecule has 0 aromatic carbocycles. The molecule has 0 unspecified atom stereocenters. The second-order valence-corrected chi connectivity index (χ2v) is 6.08. The van der Waals surface area contributed by atoms with Gasteiger partial charge in [0.25, 0.3) is 0 Å². The molecule has 1 rings (SSSR count). The van der Waals surface area contributed by atoms with Gasteiger partial charge in [0.1, 0.15) is 0 Å². The number of nitriles is 1. The summed E-state index contributed by atoms with van der Waals surface area (Å²) in [6.07, 6.45) is 0.384. The molecule has 96 valence electrons. The van der Waals surface area contributed by atoms with Crippen molar-refractivity contribution < 1.29 is 13.5 Å². The molecule has 0 atom stereocenters. The van der Waals surface area contributed by atoms with E-state index in [1.807, 2.05) is 5.38 Å². The molecule has 0 fully saturated rings. The minimum atomic E-state index is -3.54. The number of hydrogen-bond donors (Lipinski definition) is 2. The zero-order valence-electron chi connectivity index (χ0n) is 9.51. The van der Waals surface area contributed by atoms with Gasteiger partial charge in [-0.05, 0) is 11.4 Å².